The zero-order valence-electron chi connectivity index (χ0n) is 12.6. The Morgan fingerprint density at radius 1 is 1.08 bits per heavy atom. The molecule has 0 unspecified atom stereocenters. The van der Waals surface area contributed by atoms with Crippen LogP contribution in [-0.2, 0) is 0 Å². The molecule has 0 spiro atoms. The predicted octanol–water partition coefficient (Wildman–Crippen LogP) is 4.14. The van der Waals surface area contributed by atoms with Crippen molar-refractivity contribution < 1.29 is 27.8 Å². The van der Waals surface area contributed by atoms with Crippen LogP contribution in [0.5, 0.6) is 5.75 Å². The highest BCUT2D eigenvalue weighted by atomic mass is 19.4. The SMILES string of the molecule is O=C(O)c1ccc(-n2cc(-c3cccc(OC(F)(F)F)c3)cn2)cc1. The second-order valence-electron chi connectivity index (χ2n) is 5.10. The quantitative estimate of drug-likeness (QED) is 0.770. The van der Waals surface area contributed by atoms with Gasteiger partial charge in [0.05, 0.1) is 17.4 Å². The lowest BCUT2D eigenvalue weighted by molar-refractivity contribution is -0.274. The summed E-state index contributed by atoms with van der Waals surface area (Å²) in [5.74, 6) is -1.35. The number of ether oxygens (including phenoxy) is 1. The van der Waals surface area contributed by atoms with E-state index in [0.29, 0.717) is 16.8 Å². The molecule has 3 aromatic rings. The summed E-state index contributed by atoms with van der Waals surface area (Å²) in [6.07, 6.45) is -1.63. The largest absolute Gasteiger partial charge is 0.573 e. The number of carbonyl (C=O) groups is 1. The first-order chi connectivity index (χ1) is 11.8. The fraction of sp³-hybridized carbons (Fsp3) is 0.0588. The van der Waals surface area contributed by atoms with E-state index in [-0.39, 0.29) is 11.3 Å². The number of benzene rings is 2. The minimum absolute atomic E-state index is 0.146. The van der Waals surface area contributed by atoms with Crippen LogP contribution in [0, 0.1) is 0 Å². The van der Waals surface area contributed by atoms with Crippen molar-refractivity contribution in [2.24, 2.45) is 0 Å². The molecule has 0 aliphatic carbocycles. The van der Waals surface area contributed by atoms with E-state index in [0.717, 1.165) is 0 Å². The number of aromatic carboxylic acids is 1. The third-order valence-electron chi connectivity index (χ3n) is 3.36. The minimum Gasteiger partial charge on any atom is -0.478 e. The Hall–Kier alpha value is -3.29. The van der Waals surface area contributed by atoms with Crippen molar-refractivity contribution in [1.82, 2.24) is 9.78 Å². The van der Waals surface area contributed by atoms with Crippen molar-refractivity contribution in [3.8, 4) is 22.6 Å². The van der Waals surface area contributed by atoms with Gasteiger partial charge in [-0.05, 0) is 42.0 Å². The van der Waals surface area contributed by atoms with Gasteiger partial charge < -0.3 is 9.84 Å². The van der Waals surface area contributed by atoms with Crippen molar-refractivity contribution in [2.75, 3.05) is 0 Å². The fourth-order valence-electron chi connectivity index (χ4n) is 2.24. The number of aromatic nitrogens is 2. The fourth-order valence-corrected chi connectivity index (χ4v) is 2.24. The van der Waals surface area contributed by atoms with Gasteiger partial charge >= 0.3 is 12.3 Å². The molecule has 0 aliphatic rings. The molecule has 5 nitrogen and oxygen atoms in total. The first kappa shape index (κ1) is 16.6. The number of alkyl halides is 3. The van der Waals surface area contributed by atoms with Crippen LogP contribution < -0.4 is 4.74 Å². The summed E-state index contributed by atoms with van der Waals surface area (Å²) in [6.45, 7) is 0. The summed E-state index contributed by atoms with van der Waals surface area (Å²) < 4.78 is 42.3. The van der Waals surface area contributed by atoms with Gasteiger partial charge in [0.2, 0.25) is 0 Å². The van der Waals surface area contributed by atoms with Crippen LogP contribution in [-0.4, -0.2) is 27.2 Å². The number of hydrogen-bond donors (Lipinski definition) is 1. The first-order valence-corrected chi connectivity index (χ1v) is 7.06. The number of carboxylic acid groups (broad SMARTS) is 1. The highest BCUT2D eigenvalue weighted by Gasteiger charge is 2.31. The monoisotopic (exact) mass is 348 g/mol. The smallest absolute Gasteiger partial charge is 0.478 e. The van der Waals surface area contributed by atoms with Crippen molar-refractivity contribution in [1.29, 1.82) is 0 Å². The molecule has 3 rings (SSSR count). The topological polar surface area (TPSA) is 64.3 Å². The van der Waals surface area contributed by atoms with Crippen LogP contribution in [0.3, 0.4) is 0 Å². The summed E-state index contributed by atoms with van der Waals surface area (Å²) in [5, 5.41) is 13.0. The van der Waals surface area contributed by atoms with Gasteiger partial charge in [-0.2, -0.15) is 5.10 Å². The molecule has 1 N–H and O–H groups in total. The molecule has 1 heterocycles. The van der Waals surface area contributed by atoms with Crippen LogP contribution >= 0.6 is 0 Å². The van der Waals surface area contributed by atoms with Crippen molar-refractivity contribution in [3.63, 3.8) is 0 Å². The second kappa shape index (κ2) is 6.31. The number of carboxylic acids is 1. The molecule has 0 amide bonds. The van der Waals surface area contributed by atoms with E-state index >= 15 is 0 Å². The predicted molar refractivity (Wildman–Crippen MR) is 82.6 cm³/mol. The van der Waals surface area contributed by atoms with Gasteiger partial charge in [0.1, 0.15) is 5.75 Å². The summed E-state index contributed by atoms with van der Waals surface area (Å²) in [7, 11) is 0. The van der Waals surface area contributed by atoms with Crippen LogP contribution in [0.25, 0.3) is 16.8 Å². The number of hydrogen-bond acceptors (Lipinski definition) is 3. The van der Waals surface area contributed by atoms with Crippen molar-refractivity contribution in [2.45, 2.75) is 6.36 Å². The van der Waals surface area contributed by atoms with Gasteiger partial charge in [-0.3, -0.25) is 0 Å². The summed E-state index contributed by atoms with van der Waals surface area (Å²) in [4.78, 5) is 10.9. The van der Waals surface area contributed by atoms with Crippen LogP contribution in [0.15, 0.2) is 60.9 Å². The molecule has 0 bridgehead atoms. The lowest BCUT2D eigenvalue weighted by Gasteiger charge is -2.09. The molecule has 0 atom stereocenters. The van der Waals surface area contributed by atoms with Gasteiger partial charge in [0.25, 0.3) is 0 Å². The van der Waals surface area contributed by atoms with E-state index in [9.17, 15) is 18.0 Å². The number of rotatable bonds is 4. The lowest BCUT2D eigenvalue weighted by Crippen LogP contribution is -2.17. The van der Waals surface area contributed by atoms with Gasteiger partial charge in [-0.1, -0.05) is 12.1 Å². The molecule has 8 heteroatoms. The van der Waals surface area contributed by atoms with E-state index < -0.39 is 12.3 Å². The van der Waals surface area contributed by atoms with Gasteiger partial charge in [0, 0.05) is 11.8 Å². The molecule has 0 aliphatic heterocycles. The Bertz CT molecular complexity index is 902. The van der Waals surface area contributed by atoms with Crippen molar-refractivity contribution >= 4 is 5.97 Å². The second-order valence-corrected chi connectivity index (χ2v) is 5.10. The molecule has 1 aromatic heterocycles. The van der Waals surface area contributed by atoms with Crippen LogP contribution in [0.4, 0.5) is 13.2 Å². The maximum absolute atomic E-state index is 12.3. The van der Waals surface area contributed by atoms with E-state index in [2.05, 4.69) is 9.84 Å². The highest BCUT2D eigenvalue weighted by molar-refractivity contribution is 5.87. The maximum Gasteiger partial charge on any atom is 0.573 e. The average molecular weight is 348 g/mol. The summed E-state index contributed by atoms with van der Waals surface area (Å²) in [6, 6.07) is 11.6. The molecule has 128 valence electrons. The number of halogens is 3. The van der Waals surface area contributed by atoms with E-state index in [4.69, 9.17) is 5.11 Å². The Balaban J connectivity index is 1.86. The van der Waals surface area contributed by atoms with Gasteiger partial charge in [-0.15, -0.1) is 13.2 Å². The summed E-state index contributed by atoms with van der Waals surface area (Å²) >= 11 is 0. The zero-order valence-corrected chi connectivity index (χ0v) is 12.6. The Morgan fingerprint density at radius 2 is 1.80 bits per heavy atom. The molecule has 0 saturated carbocycles. The highest BCUT2D eigenvalue weighted by Crippen LogP contribution is 2.28. The zero-order chi connectivity index (χ0) is 18.0. The average Bonchev–Trinajstić information content (AvgIpc) is 3.03. The van der Waals surface area contributed by atoms with Crippen LogP contribution in [0.2, 0.25) is 0 Å². The van der Waals surface area contributed by atoms with E-state index in [1.165, 1.54) is 41.2 Å². The molecular formula is C17H11F3N2O3. The van der Waals surface area contributed by atoms with Gasteiger partial charge in [0.15, 0.2) is 0 Å². The summed E-state index contributed by atoms with van der Waals surface area (Å²) in [5.41, 5.74) is 1.87. The molecule has 0 fully saturated rings. The molecule has 0 radical (unpaired) electrons. The minimum atomic E-state index is -4.76. The Kier molecular flexibility index (Phi) is 4.18. The number of nitrogens with zero attached hydrogens (tertiary/aromatic N) is 2. The third-order valence-corrected chi connectivity index (χ3v) is 3.36. The molecule has 2 aromatic carbocycles. The molecular weight excluding hydrogens is 337 g/mol. The Labute approximate surface area is 139 Å². The van der Waals surface area contributed by atoms with E-state index in [1.54, 1.807) is 24.4 Å². The lowest BCUT2D eigenvalue weighted by atomic mass is 10.1. The van der Waals surface area contributed by atoms with Crippen LogP contribution in [0.1, 0.15) is 10.4 Å². The van der Waals surface area contributed by atoms with Crippen molar-refractivity contribution in [3.05, 3.63) is 66.5 Å². The maximum atomic E-state index is 12.3. The Morgan fingerprint density at radius 3 is 2.44 bits per heavy atom. The normalized spacial score (nSPS) is 11.3. The third kappa shape index (κ3) is 3.97. The molecule has 0 saturated heterocycles. The first-order valence-electron chi connectivity index (χ1n) is 7.06. The van der Waals surface area contributed by atoms with E-state index in [1.807, 2.05) is 0 Å². The molecule has 25 heavy (non-hydrogen) atoms. The standard InChI is InChI=1S/C17H11F3N2O3/c18-17(19,20)25-15-3-1-2-12(8-15)13-9-21-22(10-13)14-6-4-11(5-7-14)16(23)24/h1-10H,(H,23,24). The van der Waals surface area contributed by atoms with Gasteiger partial charge in [-0.25, -0.2) is 9.48 Å².